The lowest BCUT2D eigenvalue weighted by molar-refractivity contribution is 0.409. The first-order valence-corrected chi connectivity index (χ1v) is 7.14. The normalized spacial score (nSPS) is 13.0. The molecule has 0 aromatic rings. The van der Waals surface area contributed by atoms with E-state index in [0.29, 0.717) is 0 Å². The SMILES string of the molecule is [CH2]CC(CCCCC)CCCCCCC. The molecule has 0 aliphatic carbocycles. The van der Waals surface area contributed by atoms with E-state index >= 15 is 0 Å². The fourth-order valence-electron chi connectivity index (χ4n) is 2.15. The van der Waals surface area contributed by atoms with Crippen LogP contribution >= 0.6 is 0 Å². The lowest BCUT2D eigenvalue weighted by atomic mass is 9.92. The largest absolute Gasteiger partial charge is 0.0654 e. The van der Waals surface area contributed by atoms with Crippen molar-refractivity contribution in [2.45, 2.75) is 84.5 Å². The van der Waals surface area contributed by atoms with Gasteiger partial charge in [0.15, 0.2) is 0 Å². The molecule has 0 fully saturated rings. The number of unbranched alkanes of at least 4 members (excludes halogenated alkanes) is 6. The summed E-state index contributed by atoms with van der Waals surface area (Å²) in [6.07, 6.45) is 15.3. The third kappa shape index (κ3) is 10.3. The molecule has 1 radical (unpaired) electrons. The third-order valence-electron chi connectivity index (χ3n) is 3.34. The molecule has 1 unspecified atom stereocenters. The van der Waals surface area contributed by atoms with E-state index in [1.54, 1.807) is 0 Å². The van der Waals surface area contributed by atoms with Gasteiger partial charge in [-0.2, -0.15) is 0 Å². The van der Waals surface area contributed by atoms with Crippen LogP contribution in [0.4, 0.5) is 0 Å². The summed E-state index contributed by atoms with van der Waals surface area (Å²) in [5, 5.41) is 0. The summed E-state index contributed by atoms with van der Waals surface area (Å²) in [6, 6.07) is 0. The molecule has 0 heterocycles. The van der Waals surface area contributed by atoms with Gasteiger partial charge < -0.3 is 0 Å². The Hall–Kier alpha value is 0. The Morgan fingerprint density at radius 2 is 1.20 bits per heavy atom. The molecule has 0 nitrogen and oxygen atoms in total. The summed E-state index contributed by atoms with van der Waals surface area (Å²) in [5.74, 6) is 0.915. The fourth-order valence-corrected chi connectivity index (χ4v) is 2.15. The van der Waals surface area contributed by atoms with E-state index in [-0.39, 0.29) is 0 Å². The van der Waals surface area contributed by atoms with Crippen LogP contribution in [0.15, 0.2) is 0 Å². The highest BCUT2D eigenvalue weighted by molar-refractivity contribution is 4.61. The highest BCUT2D eigenvalue weighted by Crippen LogP contribution is 2.20. The molecule has 91 valence electrons. The second-order valence-electron chi connectivity index (χ2n) is 4.85. The minimum atomic E-state index is 0.915. The summed E-state index contributed by atoms with van der Waals surface area (Å²) >= 11 is 0. The topological polar surface area (TPSA) is 0 Å². The van der Waals surface area contributed by atoms with Gasteiger partial charge in [-0.15, -0.1) is 0 Å². The molecule has 0 saturated carbocycles. The van der Waals surface area contributed by atoms with Crippen molar-refractivity contribution < 1.29 is 0 Å². The van der Waals surface area contributed by atoms with Crippen molar-refractivity contribution in [3.05, 3.63) is 6.92 Å². The van der Waals surface area contributed by atoms with E-state index < -0.39 is 0 Å². The molecule has 0 aromatic heterocycles. The van der Waals surface area contributed by atoms with Crippen LogP contribution in [0.1, 0.15) is 84.5 Å². The van der Waals surface area contributed by atoms with Gasteiger partial charge in [-0.05, 0) is 5.92 Å². The molecule has 0 saturated heterocycles. The van der Waals surface area contributed by atoms with Gasteiger partial charge >= 0.3 is 0 Å². The van der Waals surface area contributed by atoms with Crippen molar-refractivity contribution in [1.29, 1.82) is 0 Å². The van der Waals surface area contributed by atoms with Gasteiger partial charge in [-0.3, -0.25) is 0 Å². The molecule has 0 rings (SSSR count). The molecule has 0 amide bonds. The number of hydrogen-bond donors (Lipinski definition) is 0. The van der Waals surface area contributed by atoms with E-state index in [1.165, 1.54) is 64.2 Å². The maximum Gasteiger partial charge on any atom is -0.0414 e. The van der Waals surface area contributed by atoms with E-state index in [2.05, 4.69) is 20.8 Å². The van der Waals surface area contributed by atoms with Gasteiger partial charge in [0.05, 0.1) is 0 Å². The Morgan fingerprint density at radius 3 is 1.73 bits per heavy atom. The van der Waals surface area contributed by atoms with Crippen LogP contribution in [0.2, 0.25) is 0 Å². The first kappa shape index (κ1) is 15.0. The summed E-state index contributed by atoms with van der Waals surface area (Å²) in [7, 11) is 0. The van der Waals surface area contributed by atoms with Crippen molar-refractivity contribution in [3.63, 3.8) is 0 Å². The zero-order chi connectivity index (χ0) is 11.4. The maximum atomic E-state index is 4.08. The van der Waals surface area contributed by atoms with Crippen LogP contribution < -0.4 is 0 Å². The summed E-state index contributed by atoms with van der Waals surface area (Å²) < 4.78 is 0. The van der Waals surface area contributed by atoms with Crippen LogP contribution in [0.25, 0.3) is 0 Å². The molecule has 0 N–H and O–H groups in total. The van der Waals surface area contributed by atoms with Crippen molar-refractivity contribution in [2.75, 3.05) is 0 Å². The Kier molecular flexibility index (Phi) is 12.1. The zero-order valence-corrected chi connectivity index (χ0v) is 11.1. The van der Waals surface area contributed by atoms with Gasteiger partial charge in [-0.1, -0.05) is 91.4 Å². The standard InChI is InChI=1S/C15H31/c1-4-7-9-10-12-14-15(6-3)13-11-8-5-2/h15H,3-14H2,1-2H3. The smallest absolute Gasteiger partial charge is 0.0414 e. The average molecular weight is 211 g/mol. The Morgan fingerprint density at radius 1 is 0.733 bits per heavy atom. The van der Waals surface area contributed by atoms with Crippen LogP contribution in [0.5, 0.6) is 0 Å². The lowest BCUT2D eigenvalue weighted by Gasteiger charge is -2.14. The van der Waals surface area contributed by atoms with Crippen LogP contribution in [0.3, 0.4) is 0 Å². The van der Waals surface area contributed by atoms with Crippen LogP contribution in [0, 0.1) is 12.8 Å². The van der Waals surface area contributed by atoms with Crippen molar-refractivity contribution in [3.8, 4) is 0 Å². The highest BCUT2D eigenvalue weighted by atomic mass is 14.1. The second kappa shape index (κ2) is 12.1. The molecule has 0 heteroatoms. The highest BCUT2D eigenvalue weighted by Gasteiger charge is 2.05. The van der Waals surface area contributed by atoms with Crippen molar-refractivity contribution >= 4 is 0 Å². The molecular weight excluding hydrogens is 180 g/mol. The fraction of sp³-hybridized carbons (Fsp3) is 0.933. The quantitative estimate of drug-likeness (QED) is 0.381. The number of rotatable bonds is 11. The van der Waals surface area contributed by atoms with Gasteiger partial charge in [-0.25, -0.2) is 0 Å². The van der Waals surface area contributed by atoms with Crippen molar-refractivity contribution in [2.24, 2.45) is 5.92 Å². The van der Waals surface area contributed by atoms with E-state index in [1.807, 2.05) is 0 Å². The van der Waals surface area contributed by atoms with Crippen molar-refractivity contribution in [1.82, 2.24) is 0 Å². The van der Waals surface area contributed by atoms with Gasteiger partial charge in [0.25, 0.3) is 0 Å². The molecule has 0 spiro atoms. The second-order valence-corrected chi connectivity index (χ2v) is 4.85. The Balaban J connectivity index is 3.28. The summed E-state index contributed by atoms with van der Waals surface area (Å²) in [4.78, 5) is 0. The van der Waals surface area contributed by atoms with E-state index in [4.69, 9.17) is 0 Å². The minimum Gasteiger partial charge on any atom is -0.0654 e. The van der Waals surface area contributed by atoms with Gasteiger partial charge in [0.2, 0.25) is 0 Å². The molecule has 0 bridgehead atoms. The molecule has 0 aliphatic heterocycles. The first-order valence-electron chi connectivity index (χ1n) is 7.14. The number of hydrogen-bond acceptors (Lipinski definition) is 0. The zero-order valence-electron chi connectivity index (χ0n) is 11.1. The first-order chi connectivity index (χ1) is 7.35. The molecular formula is C15H31. The average Bonchev–Trinajstić information content (AvgIpc) is 2.26. The summed E-state index contributed by atoms with van der Waals surface area (Å²) in [6.45, 7) is 8.64. The molecule has 1 atom stereocenters. The monoisotopic (exact) mass is 211 g/mol. The predicted octanol–water partition coefficient (Wildman–Crippen LogP) is 5.77. The van der Waals surface area contributed by atoms with E-state index in [0.717, 1.165) is 12.3 Å². The maximum absolute atomic E-state index is 4.08. The van der Waals surface area contributed by atoms with Crippen LogP contribution in [-0.4, -0.2) is 0 Å². The molecule has 0 aliphatic rings. The third-order valence-corrected chi connectivity index (χ3v) is 3.34. The molecule has 15 heavy (non-hydrogen) atoms. The predicted molar refractivity (Wildman–Crippen MR) is 71.0 cm³/mol. The minimum absolute atomic E-state index is 0.915. The van der Waals surface area contributed by atoms with Crippen LogP contribution in [-0.2, 0) is 0 Å². The summed E-state index contributed by atoms with van der Waals surface area (Å²) in [5.41, 5.74) is 0. The Bertz CT molecular complexity index is 107. The van der Waals surface area contributed by atoms with Gasteiger partial charge in [0.1, 0.15) is 0 Å². The van der Waals surface area contributed by atoms with E-state index in [9.17, 15) is 0 Å². The van der Waals surface area contributed by atoms with Gasteiger partial charge in [0, 0.05) is 0 Å². The lowest BCUT2D eigenvalue weighted by Crippen LogP contribution is -1.99. The molecule has 0 aromatic carbocycles. The Labute approximate surface area is 97.8 Å².